The number of para-hydroxylation sites is 1. The van der Waals surface area contributed by atoms with E-state index < -0.39 is 0 Å². The first kappa shape index (κ1) is 14.4. The van der Waals surface area contributed by atoms with Gasteiger partial charge in [0.1, 0.15) is 12.1 Å². The summed E-state index contributed by atoms with van der Waals surface area (Å²) in [5.41, 5.74) is 0.974. The average molecular weight is 310 g/mol. The van der Waals surface area contributed by atoms with Gasteiger partial charge in [-0.25, -0.2) is 9.97 Å². The molecule has 2 heterocycles. The molecule has 23 heavy (non-hydrogen) atoms. The number of rotatable bonds is 2. The van der Waals surface area contributed by atoms with Gasteiger partial charge in [-0.05, 0) is 25.0 Å². The van der Waals surface area contributed by atoms with Gasteiger partial charge in [0.15, 0.2) is 0 Å². The van der Waals surface area contributed by atoms with Gasteiger partial charge in [0.25, 0.3) is 0 Å². The third-order valence-electron chi connectivity index (χ3n) is 5.12. The zero-order valence-electron chi connectivity index (χ0n) is 13.3. The molecule has 2 aliphatic rings. The third kappa shape index (κ3) is 2.76. The molecule has 120 valence electrons. The number of anilines is 1. The van der Waals surface area contributed by atoms with Crippen LogP contribution in [0.15, 0.2) is 30.6 Å². The minimum Gasteiger partial charge on any atom is -0.352 e. The maximum Gasteiger partial charge on any atom is 0.225 e. The maximum atomic E-state index is 12.5. The van der Waals surface area contributed by atoms with Crippen LogP contribution in [0.4, 0.5) is 5.82 Å². The summed E-state index contributed by atoms with van der Waals surface area (Å²) in [5, 5.41) is 1.09. The lowest BCUT2D eigenvalue weighted by Gasteiger charge is -2.36. The zero-order valence-corrected chi connectivity index (χ0v) is 13.3. The van der Waals surface area contributed by atoms with Crippen molar-refractivity contribution >= 4 is 22.6 Å². The van der Waals surface area contributed by atoms with Crippen molar-refractivity contribution in [3.63, 3.8) is 0 Å². The fourth-order valence-electron chi connectivity index (χ4n) is 3.81. The molecule has 5 heteroatoms. The SMILES string of the molecule is O=C(C1CCCC1)N1CCN(c2ncnc3ccccc23)CC1. The molecule has 1 aromatic heterocycles. The van der Waals surface area contributed by atoms with Crippen LogP contribution in [0.2, 0.25) is 0 Å². The fraction of sp³-hybridized carbons (Fsp3) is 0.500. The van der Waals surface area contributed by atoms with E-state index in [4.69, 9.17) is 0 Å². The summed E-state index contributed by atoms with van der Waals surface area (Å²) in [6.07, 6.45) is 6.21. The van der Waals surface area contributed by atoms with E-state index in [2.05, 4.69) is 25.8 Å². The number of benzene rings is 1. The Bertz CT molecular complexity index is 698. The third-order valence-corrected chi connectivity index (χ3v) is 5.12. The number of aromatic nitrogens is 2. The van der Waals surface area contributed by atoms with E-state index in [9.17, 15) is 4.79 Å². The van der Waals surface area contributed by atoms with E-state index in [1.165, 1.54) is 12.8 Å². The van der Waals surface area contributed by atoms with Gasteiger partial charge in [0.2, 0.25) is 5.91 Å². The molecule has 2 fully saturated rings. The lowest BCUT2D eigenvalue weighted by atomic mass is 10.1. The van der Waals surface area contributed by atoms with Crippen LogP contribution >= 0.6 is 0 Å². The molecule has 0 bridgehead atoms. The van der Waals surface area contributed by atoms with Gasteiger partial charge in [0, 0.05) is 37.5 Å². The number of amides is 1. The normalized spacial score (nSPS) is 19.5. The highest BCUT2D eigenvalue weighted by atomic mass is 16.2. The zero-order chi connectivity index (χ0) is 15.6. The van der Waals surface area contributed by atoms with E-state index in [-0.39, 0.29) is 5.92 Å². The minimum absolute atomic E-state index is 0.279. The van der Waals surface area contributed by atoms with E-state index in [1.807, 2.05) is 18.2 Å². The van der Waals surface area contributed by atoms with Gasteiger partial charge < -0.3 is 9.80 Å². The van der Waals surface area contributed by atoms with Crippen LogP contribution in [0.1, 0.15) is 25.7 Å². The van der Waals surface area contributed by atoms with Crippen LogP contribution in [-0.2, 0) is 4.79 Å². The van der Waals surface area contributed by atoms with Crippen molar-refractivity contribution in [3.05, 3.63) is 30.6 Å². The minimum atomic E-state index is 0.279. The van der Waals surface area contributed by atoms with E-state index >= 15 is 0 Å². The number of piperazine rings is 1. The maximum absolute atomic E-state index is 12.5. The Balaban J connectivity index is 1.47. The summed E-state index contributed by atoms with van der Waals surface area (Å²) in [4.78, 5) is 25.7. The van der Waals surface area contributed by atoms with Crippen LogP contribution in [0.3, 0.4) is 0 Å². The summed E-state index contributed by atoms with van der Waals surface area (Å²) >= 11 is 0. The second-order valence-corrected chi connectivity index (χ2v) is 6.51. The first-order valence-electron chi connectivity index (χ1n) is 8.56. The molecule has 0 N–H and O–H groups in total. The van der Waals surface area contributed by atoms with Crippen LogP contribution in [-0.4, -0.2) is 47.0 Å². The molecule has 0 radical (unpaired) electrons. The van der Waals surface area contributed by atoms with Gasteiger partial charge in [0.05, 0.1) is 5.52 Å². The Morgan fingerprint density at radius 2 is 1.74 bits per heavy atom. The number of fused-ring (bicyclic) bond motifs is 1. The molecule has 2 aromatic rings. The molecule has 1 aromatic carbocycles. The van der Waals surface area contributed by atoms with Crippen molar-refractivity contribution in [2.45, 2.75) is 25.7 Å². The van der Waals surface area contributed by atoms with Gasteiger partial charge in [-0.15, -0.1) is 0 Å². The highest BCUT2D eigenvalue weighted by molar-refractivity contribution is 5.89. The van der Waals surface area contributed by atoms with Crippen LogP contribution in [0.25, 0.3) is 10.9 Å². The Morgan fingerprint density at radius 1 is 1.00 bits per heavy atom. The van der Waals surface area contributed by atoms with Crippen molar-refractivity contribution in [1.29, 1.82) is 0 Å². The molecule has 5 nitrogen and oxygen atoms in total. The molecule has 0 unspecified atom stereocenters. The van der Waals surface area contributed by atoms with Gasteiger partial charge in [-0.2, -0.15) is 0 Å². The predicted octanol–water partition coefficient (Wildman–Crippen LogP) is 2.47. The average Bonchev–Trinajstić information content (AvgIpc) is 3.15. The Hall–Kier alpha value is -2.17. The van der Waals surface area contributed by atoms with Crippen molar-refractivity contribution in [2.24, 2.45) is 5.92 Å². The lowest BCUT2D eigenvalue weighted by molar-refractivity contribution is -0.135. The van der Waals surface area contributed by atoms with Gasteiger partial charge in [-0.3, -0.25) is 4.79 Å². The molecule has 1 saturated heterocycles. The van der Waals surface area contributed by atoms with E-state index in [0.29, 0.717) is 5.91 Å². The summed E-state index contributed by atoms with van der Waals surface area (Å²) in [5.74, 6) is 1.64. The summed E-state index contributed by atoms with van der Waals surface area (Å²) in [6, 6.07) is 8.10. The smallest absolute Gasteiger partial charge is 0.225 e. The molecule has 1 aliphatic carbocycles. The summed E-state index contributed by atoms with van der Waals surface area (Å²) < 4.78 is 0. The van der Waals surface area contributed by atoms with Crippen LogP contribution in [0, 0.1) is 5.92 Å². The largest absolute Gasteiger partial charge is 0.352 e. The molecule has 1 saturated carbocycles. The highest BCUT2D eigenvalue weighted by Crippen LogP contribution is 2.28. The van der Waals surface area contributed by atoms with Gasteiger partial charge in [-0.1, -0.05) is 25.0 Å². The lowest BCUT2D eigenvalue weighted by Crippen LogP contribution is -2.50. The Kier molecular flexibility index (Phi) is 3.85. The fourth-order valence-corrected chi connectivity index (χ4v) is 3.81. The molecule has 1 amide bonds. The second-order valence-electron chi connectivity index (χ2n) is 6.51. The molecule has 1 aliphatic heterocycles. The van der Waals surface area contributed by atoms with Crippen LogP contribution < -0.4 is 4.90 Å². The van der Waals surface area contributed by atoms with Gasteiger partial charge >= 0.3 is 0 Å². The van der Waals surface area contributed by atoms with Crippen molar-refractivity contribution < 1.29 is 4.79 Å². The quantitative estimate of drug-likeness (QED) is 0.855. The number of hydrogen-bond acceptors (Lipinski definition) is 4. The van der Waals surface area contributed by atoms with Crippen molar-refractivity contribution in [1.82, 2.24) is 14.9 Å². The topological polar surface area (TPSA) is 49.3 Å². The molecule has 0 atom stereocenters. The molecule has 0 spiro atoms. The Labute approximate surface area is 136 Å². The highest BCUT2D eigenvalue weighted by Gasteiger charge is 2.29. The summed E-state index contributed by atoms with van der Waals surface area (Å²) in [7, 11) is 0. The number of carbonyl (C=O) groups is 1. The number of hydrogen-bond donors (Lipinski definition) is 0. The molecular weight excluding hydrogens is 288 g/mol. The Morgan fingerprint density at radius 3 is 2.52 bits per heavy atom. The van der Waals surface area contributed by atoms with Crippen molar-refractivity contribution in [2.75, 3.05) is 31.1 Å². The summed E-state index contributed by atoms with van der Waals surface area (Å²) in [6.45, 7) is 3.29. The van der Waals surface area contributed by atoms with Crippen molar-refractivity contribution in [3.8, 4) is 0 Å². The monoisotopic (exact) mass is 310 g/mol. The molecular formula is C18H22N4O. The molecule has 4 rings (SSSR count). The number of carbonyl (C=O) groups excluding carboxylic acids is 1. The van der Waals surface area contributed by atoms with E-state index in [1.54, 1.807) is 6.33 Å². The standard InChI is InChI=1S/C18H22N4O/c23-18(14-5-1-2-6-14)22-11-9-21(10-12-22)17-15-7-3-4-8-16(15)19-13-20-17/h3-4,7-8,13-14H,1-2,5-6,9-12H2. The van der Waals surface area contributed by atoms with Crippen LogP contribution in [0.5, 0.6) is 0 Å². The first-order valence-corrected chi connectivity index (χ1v) is 8.56. The predicted molar refractivity (Wildman–Crippen MR) is 90.3 cm³/mol. The second kappa shape index (κ2) is 6.14. The van der Waals surface area contributed by atoms with E-state index in [0.717, 1.165) is 55.7 Å². The first-order chi connectivity index (χ1) is 11.3. The number of nitrogens with zero attached hydrogens (tertiary/aromatic N) is 4.